The number of hydrogen-bond donors (Lipinski definition) is 0. The predicted octanol–water partition coefficient (Wildman–Crippen LogP) is 1.82. The van der Waals surface area contributed by atoms with E-state index in [1.165, 1.54) is 13.0 Å². The quantitative estimate of drug-likeness (QED) is 0.785. The van der Waals surface area contributed by atoms with Crippen LogP contribution < -0.4 is 4.74 Å². The molecule has 106 valence electrons. The van der Waals surface area contributed by atoms with E-state index in [1.807, 2.05) is 0 Å². The molecule has 2 atom stereocenters. The highest BCUT2D eigenvalue weighted by Gasteiger charge is 2.27. The van der Waals surface area contributed by atoms with Crippen LogP contribution in [0.1, 0.15) is 18.6 Å². The highest BCUT2D eigenvalue weighted by atomic mass is 16.6. The van der Waals surface area contributed by atoms with Crippen molar-refractivity contribution in [1.82, 2.24) is 0 Å². The van der Waals surface area contributed by atoms with Gasteiger partial charge in [0.1, 0.15) is 24.6 Å². The highest BCUT2D eigenvalue weighted by molar-refractivity contribution is 5.95. The first-order valence-electron chi connectivity index (χ1n) is 6.25. The SMILES string of the molecule is COc1ccc([C@H]2O[C@H](COC(C)=O)C=CC2=O)cc1. The van der Waals surface area contributed by atoms with Gasteiger partial charge in [-0.05, 0) is 29.8 Å². The lowest BCUT2D eigenvalue weighted by Gasteiger charge is -2.25. The van der Waals surface area contributed by atoms with Crippen molar-refractivity contribution in [3.63, 3.8) is 0 Å². The summed E-state index contributed by atoms with van der Waals surface area (Å²) in [5.74, 6) is 0.207. The summed E-state index contributed by atoms with van der Waals surface area (Å²) in [5, 5.41) is 0. The molecule has 0 aromatic heterocycles. The molecule has 1 aliphatic heterocycles. The Morgan fingerprint density at radius 3 is 2.60 bits per heavy atom. The van der Waals surface area contributed by atoms with E-state index in [-0.39, 0.29) is 18.4 Å². The van der Waals surface area contributed by atoms with Crippen molar-refractivity contribution in [1.29, 1.82) is 0 Å². The number of carbonyl (C=O) groups is 2. The van der Waals surface area contributed by atoms with Crippen LogP contribution in [0.3, 0.4) is 0 Å². The number of hydrogen-bond acceptors (Lipinski definition) is 5. The molecule has 0 saturated carbocycles. The third kappa shape index (κ3) is 3.45. The third-order valence-corrected chi connectivity index (χ3v) is 2.91. The molecule has 1 aliphatic rings. The van der Waals surface area contributed by atoms with Crippen LogP contribution in [0.4, 0.5) is 0 Å². The zero-order chi connectivity index (χ0) is 14.5. The fourth-order valence-electron chi connectivity index (χ4n) is 1.89. The molecule has 0 spiro atoms. The third-order valence-electron chi connectivity index (χ3n) is 2.91. The van der Waals surface area contributed by atoms with E-state index in [0.29, 0.717) is 5.75 Å². The van der Waals surface area contributed by atoms with E-state index in [4.69, 9.17) is 14.2 Å². The van der Waals surface area contributed by atoms with Gasteiger partial charge in [0, 0.05) is 6.92 Å². The molecule has 5 heteroatoms. The monoisotopic (exact) mass is 276 g/mol. The van der Waals surface area contributed by atoms with Gasteiger partial charge < -0.3 is 14.2 Å². The summed E-state index contributed by atoms with van der Waals surface area (Å²) in [7, 11) is 1.58. The van der Waals surface area contributed by atoms with E-state index < -0.39 is 12.2 Å². The van der Waals surface area contributed by atoms with Gasteiger partial charge in [0.05, 0.1) is 7.11 Å². The summed E-state index contributed by atoms with van der Waals surface area (Å²) < 4.78 is 15.6. The van der Waals surface area contributed by atoms with Gasteiger partial charge in [-0.1, -0.05) is 12.1 Å². The second-order valence-electron chi connectivity index (χ2n) is 4.39. The number of methoxy groups -OCH3 is 1. The van der Waals surface area contributed by atoms with Crippen molar-refractivity contribution >= 4 is 11.8 Å². The van der Waals surface area contributed by atoms with Crippen molar-refractivity contribution in [2.45, 2.75) is 19.1 Å². The lowest BCUT2D eigenvalue weighted by Crippen LogP contribution is -2.29. The van der Waals surface area contributed by atoms with E-state index in [9.17, 15) is 9.59 Å². The van der Waals surface area contributed by atoms with Gasteiger partial charge in [0.15, 0.2) is 5.78 Å². The molecule has 0 amide bonds. The van der Waals surface area contributed by atoms with Gasteiger partial charge in [-0.3, -0.25) is 9.59 Å². The van der Waals surface area contributed by atoms with Crippen LogP contribution in [0.15, 0.2) is 36.4 Å². The standard InChI is InChI=1S/C15H16O5/c1-10(16)19-9-13-7-8-14(17)15(20-13)11-3-5-12(18-2)6-4-11/h3-8,13,15H,9H2,1-2H3/t13-,15+/m0/s1. The summed E-state index contributed by atoms with van der Waals surface area (Å²) >= 11 is 0. The average molecular weight is 276 g/mol. The second kappa shape index (κ2) is 6.34. The molecule has 1 aromatic carbocycles. The fraction of sp³-hybridized carbons (Fsp3) is 0.333. The number of rotatable bonds is 4. The van der Waals surface area contributed by atoms with Crippen molar-refractivity contribution in [2.24, 2.45) is 0 Å². The predicted molar refractivity (Wildman–Crippen MR) is 71.4 cm³/mol. The van der Waals surface area contributed by atoms with Crippen molar-refractivity contribution in [3.8, 4) is 5.75 Å². The van der Waals surface area contributed by atoms with E-state index in [0.717, 1.165) is 5.56 Å². The number of ether oxygens (including phenoxy) is 3. The van der Waals surface area contributed by atoms with Crippen LogP contribution >= 0.6 is 0 Å². The van der Waals surface area contributed by atoms with Gasteiger partial charge in [0.2, 0.25) is 0 Å². The first-order chi connectivity index (χ1) is 9.60. The van der Waals surface area contributed by atoms with Gasteiger partial charge in [-0.2, -0.15) is 0 Å². The lowest BCUT2D eigenvalue weighted by atomic mass is 10.0. The number of carbonyl (C=O) groups excluding carboxylic acids is 2. The smallest absolute Gasteiger partial charge is 0.302 e. The largest absolute Gasteiger partial charge is 0.497 e. The molecule has 0 unspecified atom stereocenters. The molecule has 0 fully saturated rings. The maximum absolute atomic E-state index is 11.9. The van der Waals surface area contributed by atoms with Crippen molar-refractivity contribution < 1.29 is 23.8 Å². The van der Waals surface area contributed by atoms with Crippen LogP contribution in [0.5, 0.6) is 5.75 Å². The molecule has 0 aliphatic carbocycles. The van der Waals surface area contributed by atoms with E-state index >= 15 is 0 Å². The number of esters is 1. The Balaban J connectivity index is 2.08. The van der Waals surface area contributed by atoms with Crippen LogP contribution in [0.2, 0.25) is 0 Å². The van der Waals surface area contributed by atoms with Crippen LogP contribution in [-0.4, -0.2) is 31.6 Å². The minimum Gasteiger partial charge on any atom is -0.497 e. The maximum atomic E-state index is 11.9. The maximum Gasteiger partial charge on any atom is 0.302 e. The molecule has 2 rings (SSSR count). The Morgan fingerprint density at radius 1 is 1.30 bits per heavy atom. The molecule has 20 heavy (non-hydrogen) atoms. The zero-order valence-electron chi connectivity index (χ0n) is 11.4. The first-order valence-corrected chi connectivity index (χ1v) is 6.25. The Kier molecular flexibility index (Phi) is 4.53. The topological polar surface area (TPSA) is 61.8 Å². The first kappa shape index (κ1) is 14.3. The number of ketones is 1. The van der Waals surface area contributed by atoms with Crippen molar-refractivity contribution in [3.05, 3.63) is 42.0 Å². The van der Waals surface area contributed by atoms with Gasteiger partial charge in [0.25, 0.3) is 0 Å². The Labute approximate surface area is 117 Å². The van der Waals surface area contributed by atoms with Gasteiger partial charge in [-0.15, -0.1) is 0 Å². The van der Waals surface area contributed by atoms with Gasteiger partial charge in [-0.25, -0.2) is 0 Å². The Morgan fingerprint density at radius 2 is 2.00 bits per heavy atom. The molecule has 1 aromatic rings. The molecule has 1 heterocycles. The van der Waals surface area contributed by atoms with Crippen molar-refractivity contribution in [2.75, 3.05) is 13.7 Å². The van der Waals surface area contributed by atoms with Crippen LogP contribution in [0, 0.1) is 0 Å². The summed E-state index contributed by atoms with van der Waals surface area (Å²) in [5.41, 5.74) is 0.743. The minimum atomic E-state index is -0.675. The van der Waals surface area contributed by atoms with E-state index in [1.54, 1.807) is 37.5 Å². The second-order valence-corrected chi connectivity index (χ2v) is 4.39. The molecular weight excluding hydrogens is 260 g/mol. The van der Waals surface area contributed by atoms with Crippen LogP contribution in [0.25, 0.3) is 0 Å². The summed E-state index contributed by atoms with van der Waals surface area (Å²) in [6.45, 7) is 1.43. The Bertz CT molecular complexity index is 518. The van der Waals surface area contributed by atoms with Crippen LogP contribution in [-0.2, 0) is 19.1 Å². The number of benzene rings is 1. The van der Waals surface area contributed by atoms with Gasteiger partial charge >= 0.3 is 5.97 Å². The fourth-order valence-corrected chi connectivity index (χ4v) is 1.89. The molecule has 0 N–H and O–H groups in total. The molecule has 0 saturated heterocycles. The Hall–Kier alpha value is -2.14. The molecule has 0 bridgehead atoms. The summed E-state index contributed by atoms with van der Waals surface area (Å²) in [6.07, 6.45) is 1.98. The lowest BCUT2D eigenvalue weighted by molar-refractivity contribution is -0.147. The zero-order valence-corrected chi connectivity index (χ0v) is 11.4. The highest BCUT2D eigenvalue weighted by Crippen LogP contribution is 2.26. The average Bonchev–Trinajstić information content (AvgIpc) is 2.46. The summed E-state index contributed by atoms with van der Waals surface area (Å²) in [6, 6.07) is 7.10. The molecule has 5 nitrogen and oxygen atoms in total. The molecule has 0 radical (unpaired) electrons. The minimum absolute atomic E-state index is 0.103. The normalized spacial score (nSPS) is 21.6. The molecular formula is C15H16O5. The summed E-state index contributed by atoms with van der Waals surface area (Å²) in [4.78, 5) is 22.7. The van der Waals surface area contributed by atoms with E-state index in [2.05, 4.69) is 0 Å².